The van der Waals surface area contributed by atoms with Crippen LogP contribution in [-0.4, -0.2) is 44.9 Å². The molecule has 0 spiro atoms. The van der Waals surface area contributed by atoms with Gasteiger partial charge in [0, 0.05) is 19.2 Å². The highest BCUT2D eigenvalue weighted by molar-refractivity contribution is 7.99. The first-order valence-corrected chi connectivity index (χ1v) is 8.93. The number of hydrogen-bond donors (Lipinski definition) is 0. The molecule has 2 aromatic heterocycles. The summed E-state index contributed by atoms with van der Waals surface area (Å²) in [6.07, 6.45) is 1.21. The molecule has 0 bridgehead atoms. The Labute approximate surface area is 148 Å². The van der Waals surface area contributed by atoms with Gasteiger partial charge in [-0.25, -0.2) is 4.68 Å². The van der Waals surface area contributed by atoms with E-state index in [0.717, 1.165) is 0 Å². The van der Waals surface area contributed by atoms with Gasteiger partial charge >= 0.3 is 6.18 Å². The van der Waals surface area contributed by atoms with Crippen molar-refractivity contribution in [2.75, 3.05) is 17.7 Å². The lowest BCUT2D eigenvalue weighted by Crippen LogP contribution is -2.37. The number of thioether (sulfide) groups is 1. The van der Waals surface area contributed by atoms with Crippen LogP contribution in [0.5, 0.6) is 0 Å². The highest BCUT2D eigenvalue weighted by Crippen LogP contribution is 2.32. The molecule has 0 saturated heterocycles. The van der Waals surface area contributed by atoms with E-state index in [0.29, 0.717) is 28.8 Å². The van der Waals surface area contributed by atoms with Gasteiger partial charge in [-0.3, -0.25) is 9.78 Å². The van der Waals surface area contributed by atoms with Crippen LogP contribution >= 0.6 is 11.8 Å². The van der Waals surface area contributed by atoms with Crippen LogP contribution in [0.15, 0.2) is 30.7 Å². The van der Waals surface area contributed by atoms with E-state index in [2.05, 4.69) is 10.1 Å². The summed E-state index contributed by atoms with van der Waals surface area (Å²) in [7, 11) is 0. The minimum absolute atomic E-state index is 0.261. The van der Waals surface area contributed by atoms with Crippen LogP contribution in [0.3, 0.4) is 0 Å². The standard InChI is InChI=1S/C16H19F3N4OS/c1-4-22(15(24)8-14(25-3)16(17,18)19)13-10-23(21-11(13)2)12-6-5-7-20-9-12/h5-7,9-10,14H,4,8H2,1-3H3. The number of carbonyl (C=O) groups excluding carboxylic acids is 1. The third kappa shape index (κ3) is 4.53. The van der Waals surface area contributed by atoms with Gasteiger partial charge in [0.15, 0.2) is 0 Å². The molecule has 5 nitrogen and oxygen atoms in total. The van der Waals surface area contributed by atoms with Gasteiger partial charge in [-0.1, -0.05) is 0 Å². The molecule has 136 valence electrons. The van der Waals surface area contributed by atoms with Crippen molar-refractivity contribution in [3.05, 3.63) is 36.4 Å². The first-order valence-electron chi connectivity index (χ1n) is 7.64. The van der Waals surface area contributed by atoms with Crippen molar-refractivity contribution in [2.24, 2.45) is 0 Å². The Balaban J connectivity index is 2.26. The lowest BCUT2D eigenvalue weighted by Gasteiger charge is -2.24. The van der Waals surface area contributed by atoms with Crippen LogP contribution in [0.1, 0.15) is 19.0 Å². The molecule has 1 amide bonds. The second-order valence-corrected chi connectivity index (χ2v) is 6.40. The third-order valence-corrected chi connectivity index (χ3v) is 4.70. The van der Waals surface area contributed by atoms with Gasteiger partial charge in [0.2, 0.25) is 5.91 Å². The molecular weight excluding hydrogens is 353 g/mol. The zero-order valence-corrected chi connectivity index (χ0v) is 14.9. The molecule has 2 rings (SSSR count). The number of aromatic nitrogens is 3. The van der Waals surface area contributed by atoms with E-state index < -0.39 is 23.8 Å². The molecule has 0 saturated carbocycles. The van der Waals surface area contributed by atoms with E-state index in [-0.39, 0.29) is 6.54 Å². The molecule has 2 aromatic rings. The molecular formula is C16H19F3N4OS. The summed E-state index contributed by atoms with van der Waals surface area (Å²) in [5.41, 5.74) is 1.77. The molecule has 25 heavy (non-hydrogen) atoms. The van der Waals surface area contributed by atoms with Crippen molar-refractivity contribution in [3.63, 3.8) is 0 Å². The Morgan fingerprint density at radius 3 is 2.68 bits per heavy atom. The van der Waals surface area contributed by atoms with Crippen molar-refractivity contribution in [3.8, 4) is 5.69 Å². The van der Waals surface area contributed by atoms with Crippen LogP contribution in [0.4, 0.5) is 18.9 Å². The number of aryl methyl sites for hydroxylation is 1. The van der Waals surface area contributed by atoms with Crippen molar-refractivity contribution >= 4 is 23.4 Å². The Morgan fingerprint density at radius 2 is 2.16 bits per heavy atom. The maximum absolute atomic E-state index is 12.9. The third-order valence-electron chi connectivity index (χ3n) is 3.70. The van der Waals surface area contributed by atoms with Gasteiger partial charge < -0.3 is 4.90 Å². The van der Waals surface area contributed by atoms with E-state index in [9.17, 15) is 18.0 Å². The number of carbonyl (C=O) groups is 1. The number of nitrogens with zero attached hydrogens (tertiary/aromatic N) is 4. The van der Waals surface area contributed by atoms with Crippen LogP contribution in [0, 0.1) is 6.92 Å². The Morgan fingerprint density at radius 1 is 1.44 bits per heavy atom. The van der Waals surface area contributed by atoms with Crippen molar-refractivity contribution < 1.29 is 18.0 Å². The van der Waals surface area contributed by atoms with E-state index in [1.807, 2.05) is 0 Å². The Hall–Kier alpha value is -2.03. The van der Waals surface area contributed by atoms with Gasteiger partial charge in [0.1, 0.15) is 5.25 Å². The predicted octanol–water partition coefficient (Wildman–Crippen LogP) is 3.61. The molecule has 1 atom stereocenters. The maximum atomic E-state index is 12.9. The molecule has 0 aliphatic carbocycles. The topological polar surface area (TPSA) is 51.0 Å². The van der Waals surface area contributed by atoms with Crippen molar-refractivity contribution in [2.45, 2.75) is 31.7 Å². The first kappa shape index (κ1) is 19.3. The largest absolute Gasteiger partial charge is 0.401 e. The summed E-state index contributed by atoms with van der Waals surface area (Å²) in [5, 5.41) is 2.62. The highest BCUT2D eigenvalue weighted by Gasteiger charge is 2.41. The fourth-order valence-electron chi connectivity index (χ4n) is 2.42. The van der Waals surface area contributed by atoms with Gasteiger partial charge in [-0.15, -0.1) is 0 Å². The molecule has 0 aliphatic rings. The lowest BCUT2D eigenvalue weighted by molar-refractivity contribution is -0.138. The summed E-state index contributed by atoms with van der Waals surface area (Å²) in [6.45, 7) is 3.70. The number of rotatable bonds is 6. The smallest absolute Gasteiger partial charge is 0.310 e. The molecule has 0 fully saturated rings. The SMILES string of the molecule is CCN(C(=O)CC(SC)C(F)(F)F)c1cn(-c2cccnc2)nc1C. The fraction of sp³-hybridized carbons (Fsp3) is 0.438. The van der Waals surface area contributed by atoms with Crippen molar-refractivity contribution in [1.29, 1.82) is 0 Å². The van der Waals surface area contributed by atoms with E-state index in [1.54, 1.807) is 49.3 Å². The molecule has 2 heterocycles. The molecule has 9 heteroatoms. The predicted molar refractivity (Wildman–Crippen MR) is 92.1 cm³/mol. The average Bonchev–Trinajstić information content (AvgIpc) is 2.95. The van der Waals surface area contributed by atoms with Gasteiger partial charge in [0.05, 0.1) is 29.5 Å². The number of pyridine rings is 1. The van der Waals surface area contributed by atoms with Crippen LogP contribution in [0.2, 0.25) is 0 Å². The minimum atomic E-state index is -4.41. The molecule has 0 aliphatic heterocycles. The van der Waals surface area contributed by atoms with Crippen LogP contribution in [0.25, 0.3) is 5.69 Å². The summed E-state index contributed by atoms with van der Waals surface area (Å²) in [4.78, 5) is 17.8. The monoisotopic (exact) mass is 372 g/mol. The number of halogens is 3. The molecule has 1 unspecified atom stereocenters. The Kier molecular flexibility index (Phi) is 6.10. The quantitative estimate of drug-likeness (QED) is 0.777. The van der Waals surface area contributed by atoms with E-state index in [1.165, 1.54) is 11.2 Å². The summed E-state index contributed by atoms with van der Waals surface area (Å²) < 4.78 is 40.4. The number of anilines is 1. The number of amides is 1. The molecule has 0 radical (unpaired) electrons. The van der Waals surface area contributed by atoms with Crippen LogP contribution in [-0.2, 0) is 4.79 Å². The summed E-state index contributed by atoms with van der Waals surface area (Å²) >= 11 is 0.633. The minimum Gasteiger partial charge on any atom is -0.310 e. The zero-order chi connectivity index (χ0) is 18.6. The number of alkyl halides is 3. The second kappa shape index (κ2) is 7.90. The average molecular weight is 372 g/mol. The summed E-state index contributed by atoms with van der Waals surface area (Å²) in [5.74, 6) is -0.576. The highest BCUT2D eigenvalue weighted by atomic mass is 32.2. The van der Waals surface area contributed by atoms with Gasteiger partial charge in [-0.05, 0) is 32.2 Å². The van der Waals surface area contributed by atoms with E-state index in [4.69, 9.17) is 0 Å². The second-order valence-electron chi connectivity index (χ2n) is 5.36. The normalized spacial score (nSPS) is 12.9. The zero-order valence-electron chi connectivity index (χ0n) is 14.1. The molecule has 0 aromatic carbocycles. The molecule has 0 N–H and O–H groups in total. The van der Waals surface area contributed by atoms with Crippen LogP contribution < -0.4 is 4.90 Å². The van der Waals surface area contributed by atoms with Gasteiger partial charge in [0.25, 0.3) is 0 Å². The fourth-order valence-corrected chi connectivity index (χ4v) is 3.00. The summed E-state index contributed by atoms with van der Waals surface area (Å²) in [6, 6.07) is 3.55. The van der Waals surface area contributed by atoms with E-state index >= 15 is 0 Å². The first-order chi connectivity index (χ1) is 11.8. The lowest BCUT2D eigenvalue weighted by atomic mass is 10.2. The maximum Gasteiger partial charge on any atom is 0.401 e. The Bertz CT molecular complexity index is 718. The van der Waals surface area contributed by atoms with Crippen molar-refractivity contribution in [1.82, 2.24) is 14.8 Å². The van der Waals surface area contributed by atoms with Gasteiger partial charge in [-0.2, -0.15) is 30.0 Å². The number of hydrogen-bond acceptors (Lipinski definition) is 4.